The number of nitrogens with one attached hydrogen (secondary N) is 1. The molecule has 0 aliphatic carbocycles. The summed E-state index contributed by atoms with van der Waals surface area (Å²) in [5.41, 5.74) is 0.816. The van der Waals surface area contributed by atoms with E-state index >= 15 is 0 Å². The molecule has 1 amide bonds. The highest BCUT2D eigenvalue weighted by atomic mass is 79.9. The molecule has 0 atom stereocenters. The Balaban J connectivity index is 2.08. The van der Waals surface area contributed by atoms with E-state index in [0.29, 0.717) is 4.91 Å². The summed E-state index contributed by atoms with van der Waals surface area (Å²) in [5, 5.41) is 11.7. The van der Waals surface area contributed by atoms with Crippen molar-refractivity contribution in [1.82, 2.24) is 4.90 Å². The van der Waals surface area contributed by atoms with Crippen molar-refractivity contribution in [1.29, 1.82) is 0 Å². The molecule has 2 rings (SSSR count). The van der Waals surface area contributed by atoms with Crippen LogP contribution in [0.5, 0.6) is 0 Å². The number of carboxylic acids is 1. The lowest BCUT2D eigenvalue weighted by Crippen LogP contribution is -2.33. The molecule has 2 N–H and O–H groups in total. The molecule has 0 radical (unpaired) electrons. The van der Waals surface area contributed by atoms with Gasteiger partial charge in [0, 0.05) is 16.4 Å². The highest BCUT2D eigenvalue weighted by Gasteiger charge is 2.33. The number of carboxylic acid groups (broad SMARTS) is 1. The van der Waals surface area contributed by atoms with Crippen molar-refractivity contribution in [3.63, 3.8) is 0 Å². The second-order valence-corrected chi connectivity index (χ2v) is 6.40. The number of hydrogen-bond acceptors (Lipinski definition) is 5. The lowest BCUT2D eigenvalue weighted by atomic mass is 10.3. The first-order valence-electron chi connectivity index (χ1n) is 5.45. The van der Waals surface area contributed by atoms with Gasteiger partial charge in [0.2, 0.25) is 0 Å². The molecule has 1 saturated heterocycles. The Morgan fingerprint density at radius 1 is 1.45 bits per heavy atom. The zero-order chi connectivity index (χ0) is 14.7. The van der Waals surface area contributed by atoms with E-state index in [-0.39, 0.29) is 4.32 Å². The van der Waals surface area contributed by atoms with Crippen LogP contribution in [0.1, 0.15) is 0 Å². The number of rotatable bonds is 4. The van der Waals surface area contributed by atoms with E-state index in [1.165, 1.54) is 6.20 Å². The fourth-order valence-corrected chi connectivity index (χ4v) is 2.91. The minimum atomic E-state index is -1.09. The molecule has 5 nitrogen and oxygen atoms in total. The number of hydrogen-bond donors (Lipinski definition) is 2. The smallest absolute Gasteiger partial charge is 0.323 e. The van der Waals surface area contributed by atoms with Crippen LogP contribution in [0.15, 0.2) is 39.8 Å². The van der Waals surface area contributed by atoms with Crippen LogP contribution in [0.25, 0.3) is 0 Å². The van der Waals surface area contributed by atoms with E-state index in [0.717, 1.165) is 26.8 Å². The molecule has 1 aromatic carbocycles. The van der Waals surface area contributed by atoms with Crippen molar-refractivity contribution in [2.45, 2.75) is 0 Å². The molecule has 1 fully saturated rings. The third kappa shape index (κ3) is 3.59. The number of nitrogens with zero attached hydrogens (tertiary/aromatic N) is 1. The number of aliphatic carboxylic acids is 1. The van der Waals surface area contributed by atoms with E-state index in [4.69, 9.17) is 17.3 Å². The zero-order valence-electron chi connectivity index (χ0n) is 10.00. The van der Waals surface area contributed by atoms with Gasteiger partial charge in [-0.25, -0.2) is 0 Å². The molecule has 1 aliphatic heterocycles. The van der Waals surface area contributed by atoms with E-state index in [9.17, 15) is 9.59 Å². The van der Waals surface area contributed by atoms with Gasteiger partial charge in [-0.15, -0.1) is 0 Å². The maximum Gasteiger partial charge on any atom is 0.323 e. The van der Waals surface area contributed by atoms with Gasteiger partial charge in [0.05, 0.1) is 4.91 Å². The summed E-state index contributed by atoms with van der Waals surface area (Å²) in [6.07, 6.45) is 1.53. The van der Waals surface area contributed by atoms with E-state index in [2.05, 4.69) is 21.2 Å². The van der Waals surface area contributed by atoms with Gasteiger partial charge in [0.15, 0.2) is 0 Å². The quantitative estimate of drug-likeness (QED) is 0.625. The third-order valence-electron chi connectivity index (χ3n) is 2.38. The molecule has 1 aliphatic rings. The monoisotopic (exact) mass is 372 g/mol. The average Bonchev–Trinajstić information content (AvgIpc) is 2.65. The second-order valence-electron chi connectivity index (χ2n) is 3.81. The largest absolute Gasteiger partial charge is 0.480 e. The molecule has 20 heavy (non-hydrogen) atoms. The lowest BCUT2D eigenvalue weighted by Gasteiger charge is -2.10. The second kappa shape index (κ2) is 6.38. The molecule has 0 unspecified atom stereocenters. The van der Waals surface area contributed by atoms with Crippen molar-refractivity contribution >= 4 is 61.8 Å². The summed E-state index contributed by atoms with van der Waals surface area (Å²) in [4.78, 5) is 24.1. The molecule has 1 heterocycles. The van der Waals surface area contributed by atoms with Crippen LogP contribution in [-0.4, -0.2) is 32.7 Å². The fourth-order valence-electron chi connectivity index (χ4n) is 1.47. The van der Waals surface area contributed by atoms with Crippen molar-refractivity contribution in [2.24, 2.45) is 0 Å². The first-order valence-corrected chi connectivity index (χ1v) is 7.47. The normalized spacial score (nSPS) is 16.9. The fraction of sp³-hybridized carbons (Fsp3) is 0.0833. The van der Waals surface area contributed by atoms with Crippen LogP contribution in [0, 0.1) is 0 Å². The van der Waals surface area contributed by atoms with Gasteiger partial charge < -0.3 is 10.4 Å². The van der Waals surface area contributed by atoms with Crippen LogP contribution in [-0.2, 0) is 9.59 Å². The summed E-state index contributed by atoms with van der Waals surface area (Å²) >= 11 is 9.40. The maximum atomic E-state index is 12.0. The van der Waals surface area contributed by atoms with Gasteiger partial charge in [0.1, 0.15) is 10.9 Å². The Morgan fingerprint density at radius 2 is 2.10 bits per heavy atom. The summed E-state index contributed by atoms with van der Waals surface area (Å²) in [6.45, 7) is -0.416. The van der Waals surface area contributed by atoms with Crippen LogP contribution in [0.3, 0.4) is 0 Å². The Morgan fingerprint density at radius 3 is 2.70 bits per heavy atom. The van der Waals surface area contributed by atoms with Gasteiger partial charge in [0.25, 0.3) is 5.91 Å². The number of benzene rings is 1. The minimum Gasteiger partial charge on any atom is -0.480 e. The molecule has 0 aromatic heterocycles. The van der Waals surface area contributed by atoms with Crippen LogP contribution in [0.4, 0.5) is 5.69 Å². The zero-order valence-corrected chi connectivity index (χ0v) is 13.2. The topological polar surface area (TPSA) is 69.6 Å². The predicted molar refractivity (Wildman–Crippen MR) is 85.4 cm³/mol. The Bertz CT molecular complexity index is 601. The number of carbonyl (C=O) groups excluding carboxylic acids is 1. The Labute approximate surface area is 133 Å². The summed E-state index contributed by atoms with van der Waals surface area (Å²) in [6, 6.07) is 7.43. The molecule has 0 spiro atoms. The average molecular weight is 373 g/mol. The minimum absolute atomic E-state index is 0.251. The van der Waals surface area contributed by atoms with Gasteiger partial charge >= 0.3 is 5.97 Å². The van der Waals surface area contributed by atoms with Crippen LogP contribution >= 0.6 is 39.9 Å². The van der Waals surface area contributed by atoms with Crippen LogP contribution in [0.2, 0.25) is 0 Å². The van der Waals surface area contributed by atoms with E-state index < -0.39 is 18.4 Å². The summed E-state index contributed by atoms with van der Waals surface area (Å²) in [5.74, 6) is -1.49. The van der Waals surface area contributed by atoms with E-state index in [1.807, 2.05) is 24.3 Å². The lowest BCUT2D eigenvalue weighted by molar-refractivity contribution is -0.140. The number of amides is 1. The Hall–Kier alpha value is -1.38. The van der Waals surface area contributed by atoms with Crippen molar-refractivity contribution in [3.05, 3.63) is 39.8 Å². The molecule has 8 heteroatoms. The number of thiocarbonyl (C=S) groups is 1. The van der Waals surface area contributed by atoms with Gasteiger partial charge in [-0.05, 0) is 24.3 Å². The molecule has 1 aromatic rings. The summed E-state index contributed by atoms with van der Waals surface area (Å²) < 4.78 is 1.21. The molecule has 104 valence electrons. The first-order chi connectivity index (χ1) is 9.47. The van der Waals surface area contributed by atoms with Gasteiger partial charge in [-0.1, -0.05) is 39.9 Å². The van der Waals surface area contributed by atoms with Gasteiger partial charge in [-0.2, -0.15) is 0 Å². The van der Waals surface area contributed by atoms with Crippen molar-refractivity contribution < 1.29 is 14.7 Å². The molecule has 0 bridgehead atoms. The highest BCUT2D eigenvalue weighted by molar-refractivity contribution is 9.10. The standard InChI is InChI=1S/C12H9BrN2O3S2/c13-7-1-3-8(4-2-7)14-5-9-11(18)15(6-10(16)17)12(19)20-9/h1-5,14H,6H2,(H,16,17). The van der Waals surface area contributed by atoms with Crippen molar-refractivity contribution in [3.8, 4) is 0 Å². The van der Waals surface area contributed by atoms with Crippen LogP contribution < -0.4 is 5.32 Å². The number of carbonyl (C=O) groups is 2. The number of thioether (sulfide) groups is 1. The molecular weight excluding hydrogens is 364 g/mol. The van der Waals surface area contributed by atoms with Crippen molar-refractivity contribution in [2.75, 3.05) is 11.9 Å². The maximum absolute atomic E-state index is 12.0. The number of anilines is 1. The molecule has 0 saturated carbocycles. The Kier molecular flexibility index (Phi) is 4.79. The SMILES string of the molecule is O=C(O)CN1C(=O)C(=CNc2ccc(Br)cc2)SC1=S. The third-order valence-corrected chi connectivity index (χ3v) is 4.29. The highest BCUT2D eigenvalue weighted by Crippen LogP contribution is 2.30. The van der Waals surface area contributed by atoms with Gasteiger partial charge in [-0.3, -0.25) is 14.5 Å². The first kappa shape index (κ1) is 15.0. The molecular formula is C12H9BrN2O3S2. The summed E-state index contributed by atoms with van der Waals surface area (Å²) in [7, 11) is 0. The predicted octanol–water partition coefficient (Wildman–Crippen LogP) is 2.65. The number of halogens is 1. The van der Waals surface area contributed by atoms with E-state index in [1.54, 1.807) is 0 Å².